The van der Waals surface area contributed by atoms with E-state index in [0.29, 0.717) is 6.04 Å². The Balaban J connectivity index is 1.93. The van der Waals surface area contributed by atoms with Gasteiger partial charge in [0.1, 0.15) is 5.75 Å². The van der Waals surface area contributed by atoms with Crippen molar-refractivity contribution in [1.82, 2.24) is 14.8 Å². The highest BCUT2D eigenvalue weighted by molar-refractivity contribution is 5.17. The monoisotopic (exact) mass is 221 g/mol. The van der Waals surface area contributed by atoms with E-state index in [1.165, 1.54) is 6.20 Å². The van der Waals surface area contributed by atoms with Gasteiger partial charge in [0.15, 0.2) is 0 Å². The van der Waals surface area contributed by atoms with Gasteiger partial charge < -0.3 is 10.0 Å². The molecule has 4 nitrogen and oxygen atoms in total. The molecule has 1 aliphatic heterocycles. The number of pyridine rings is 1. The number of aromatic nitrogens is 1. The first-order valence-electron chi connectivity index (χ1n) is 5.71. The van der Waals surface area contributed by atoms with Gasteiger partial charge in [-0.05, 0) is 26.1 Å². The Kier molecular flexibility index (Phi) is 3.41. The first kappa shape index (κ1) is 11.4. The standard InChI is InChI=1S/C12H19N3O/c1-10-8-15(6-5-14(10)2)9-11-3-4-12(16)7-13-11/h3-4,7,10,16H,5-6,8-9H2,1-2H3. The van der Waals surface area contributed by atoms with Crippen molar-refractivity contribution in [2.75, 3.05) is 26.7 Å². The Morgan fingerprint density at radius 3 is 2.88 bits per heavy atom. The molecule has 1 aromatic heterocycles. The SMILES string of the molecule is CC1CN(Cc2ccc(O)cn2)CCN1C. The molecule has 0 radical (unpaired) electrons. The molecule has 1 N–H and O–H groups in total. The number of hydrogen-bond acceptors (Lipinski definition) is 4. The van der Waals surface area contributed by atoms with Gasteiger partial charge >= 0.3 is 0 Å². The molecule has 16 heavy (non-hydrogen) atoms. The van der Waals surface area contributed by atoms with E-state index in [0.717, 1.165) is 31.9 Å². The minimum atomic E-state index is 0.232. The topological polar surface area (TPSA) is 39.6 Å². The van der Waals surface area contributed by atoms with Crippen molar-refractivity contribution >= 4 is 0 Å². The molecule has 2 rings (SSSR count). The average molecular weight is 221 g/mol. The van der Waals surface area contributed by atoms with Gasteiger partial charge in [-0.3, -0.25) is 9.88 Å². The van der Waals surface area contributed by atoms with E-state index in [1.807, 2.05) is 6.07 Å². The molecule has 0 bridgehead atoms. The van der Waals surface area contributed by atoms with Crippen molar-refractivity contribution in [1.29, 1.82) is 0 Å². The summed E-state index contributed by atoms with van der Waals surface area (Å²) in [4.78, 5) is 8.99. The summed E-state index contributed by atoms with van der Waals surface area (Å²) in [5, 5.41) is 9.16. The fraction of sp³-hybridized carbons (Fsp3) is 0.583. The van der Waals surface area contributed by atoms with Crippen LogP contribution in [0.3, 0.4) is 0 Å². The van der Waals surface area contributed by atoms with E-state index in [1.54, 1.807) is 6.07 Å². The third-order valence-corrected chi connectivity index (χ3v) is 3.24. The molecule has 1 saturated heterocycles. The van der Waals surface area contributed by atoms with Crippen molar-refractivity contribution in [3.05, 3.63) is 24.0 Å². The molecule has 0 saturated carbocycles. The molecular formula is C12H19N3O. The zero-order valence-corrected chi connectivity index (χ0v) is 9.93. The highest BCUT2D eigenvalue weighted by Gasteiger charge is 2.20. The van der Waals surface area contributed by atoms with Crippen molar-refractivity contribution < 1.29 is 5.11 Å². The Labute approximate surface area is 96.5 Å². The van der Waals surface area contributed by atoms with Crippen LogP contribution in [0.1, 0.15) is 12.6 Å². The van der Waals surface area contributed by atoms with Gasteiger partial charge in [-0.15, -0.1) is 0 Å². The first-order valence-corrected chi connectivity index (χ1v) is 5.71. The van der Waals surface area contributed by atoms with E-state index in [-0.39, 0.29) is 5.75 Å². The molecule has 1 unspecified atom stereocenters. The lowest BCUT2D eigenvalue weighted by Gasteiger charge is -2.37. The van der Waals surface area contributed by atoms with Crippen LogP contribution in [0, 0.1) is 0 Å². The highest BCUT2D eigenvalue weighted by Crippen LogP contribution is 2.12. The van der Waals surface area contributed by atoms with Crippen molar-refractivity contribution in [3.8, 4) is 5.75 Å². The van der Waals surface area contributed by atoms with E-state index < -0.39 is 0 Å². The molecule has 88 valence electrons. The zero-order valence-electron chi connectivity index (χ0n) is 9.93. The van der Waals surface area contributed by atoms with Crippen LogP contribution in [0.15, 0.2) is 18.3 Å². The third kappa shape index (κ3) is 2.71. The number of rotatable bonds is 2. The van der Waals surface area contributed by atoms with Crippen LogP contribution in [-0.4, -0.2) is 52.6 Å². The Hall–Kier alpha value is -1.13. The van der Waals surface area contributed by atoms with Crippen molar-refractivity contribution in [3.63, 3.8) is 0 Å². The highest BCUT2D eigenvalue weighted by atomic mass is 16.3. The molecule has 0 spiro atoms. The van der Waals surface area contributed by atoms with E-state index >= 15 is 0 Å². The van der Waals surface area contributed by atoms with E-state index in [9.17, 15) is 0 Å². The lowest BCUT2D eigenvalue weighted by atomic mass is 10.2. The molecule has 1 aromatic rings. The maximum atomic E-state index is 9.16. The minimum Gasteiger partial charge on any atom is -0.506 e. The molecule has 1 fully saturated rings. The number of piperazine rings is 1. The molecule has 1 atom stereocenters. The average Bonchev–Trinajstić information content (AvgIpc) is 2.27. The number of likely N-dealkylation sites (N-methyl/N-ethyl adjacent to an activating group) is 1. The number of hydrogen-bond donors (Lipinski definition) is 1. The third-order valence-electron chi connectivity index (χ3n) is 3.24. The second-order valence-corrected chi connectivity index (χ2v) is 4.57. The molecule has 4 heteroatoms. The quantitative estimate of drug-likeness (QED) is 0.806. The van der Waals surface area contributed by atoms with Crippen LogP contribution >= 0.6 is 0 Å². The van der Waals surface area contributed by atoms with Gasteiger partial charge in [-0.2, -0.15) is 0 Å². The predicted octanol–water partition coefficient (Wildman–Crippen LogP) is 0.923. The zero-order chi connectivity index (χ0) is 11.5. The van der Waals surface area contributed by atoms with Crippen LogP contribution in [-0.2, 0) is 6.54 Å². The van der Waals surface area contributed by atoms with Crippen LogP contribution < -0.4 is 0 Å². The van der Waals surface area contributed by atoms with Crippen LogP contribution in [0.2, 0.25) is 0 Å². The molecular weight excluding hydrogens is 202 g/mol. The summed E-state index contributed by atoms with van der Waals surface area (Å²) >= 11 is 0. The predicted molar refractivity (Wildman–Crippen MR) is 63.3 cm³/mol. The summed E-state index contributed by atoms with van der Waals surface area (Å²) in [6, 6.07) is 4.19. The number of aromatic hydroxyl groups is 1. The maximum absolute atomic E-state index is 9.16. The first-order chi connectivity index (χ1) is 7.65. The van der Waals surface area contributed by atoms with Crippen molar-refractivity contribution in [2.45, 2.75) is 19.5 Å². The second kappa shape index (κ2) is 4.80. The normalized spacial score (nSPS) is 23.5. The fourth-order valence-corrected chi connectivity index (χ4v) is 2.01. The summed E-state index contributed by atoms with van der Waals surface area (Å²) < 4.78 is 0. The summed E-state index contributed by atoms with van der Waals surface area (Å²) in [6.45, 7) is 6.40. The smallest absolute Gasteiger partial charge is 0.133 e. The van der Waals surface area contributed by atoms with Gasteiger partial charge in [-0.1, -0.05) is 0 Å². The van der Waals surface area contributed by atoms with Gasteiger partial charge in [0.05, 0.1) is 11.9 Å². The summed E-state index contributed by atoms with van der Waals surface area (Å²) in [5.74, 6) is 0.232. The number of nitrogens with zero attached hydrogens (tertiary/aromatic N) is 3. The van der Waals surface area contributed by atoms with Crippen LogP contribution in [0.4, 0.5) is 0 Å². The summed E-state index contributed by atoms with van der Waals surface area (Å²) in [5.41, 5.74) is 1.02. The Morgan fingerprint density at radius 1 is 1.44 bits per heavy atom. The van der Waals surface area contributed by atoms with E-state index in [4.69, 9.17) is 5.11 Å². The largest absolute Gasteiger partial charge is 0.506 e. The van der Waals surface area contributed by atoms with Crippen LogP contribution in [0.25, 0.3) is 0 Å². The Morgan fingerprint density at radius 2 is 2.25 bits per heavy atom. The summed E-state index contributed by atoms with van der Waals surface area (Å²) in [7, 11) is 2.17. The molecule has 2 heterocycles. The maximum Gasteiger partial charge on any atom is 0.133 e. The van der Waals surface area contributed by atoms with Crippen LogP contribution in [0.5, 0.6) is 5.75 Å². The lowest BCUT2D eigenvalue weighted by Crippen LogP contribution is -2.49. The Bertz CT molecular complexity index is 339. The molecule has 1 aliphatic rings. The molecule has 0 aliphatic carbocycles. The fourth-order valence-electron chi connectivity index (χ4n) is 2.01. The van der Waals surface area contributed by atoms with Gasteiger partial charge in [-0.25, -0.2) is 0 Å². The summed E-state index contributed by atoms with van der Waals surface area (Å²) in [6.07, 6.45) is 1.51. The molecule has 0 aromatic carbocycles. The lowest BCUT2D eigenvalue weighted by molar-refractivity contribution is 0.0990. The van der Waals surface area contributed by atoms with E-state index in [2.05, 4.69) is 28.8 Å². The van der Waals surface area contributed by atoms with Crippen molar-refractivity contribution in [2.24, 2.45) is 0 Å². The van der Waals surface area contributed by atoms with Gasteiger partial charge in [0, 0.05) is 32.2 Å². The van der Waals surface area contributed by atoms with Gasteiger partial charge in [0.25, 0.3) is 0 Å². The second-order valence-electron chi connectivity index (χ2n) is 4.57. The molecule has 0 amide bonds. The minimum absolute atomic E-state index is 0.232. The van der Waals surface area contributed by atoms with Gasteiger partial charge in [0.2, 0.25) is 0 Å².